The molecule has 0 fully saturated rings. The first kappa shape index (κ1) is 32.2. The Labute approximate surface area is 303 Å². The van der Waals surface area contributed by atoms with E-state index in [2.05, 4.69) is 77.4 Å². The summed E-state index contributed by atoms with van der Waals surface area (Å²) in [7, 11) is 0. The van der Waals surface area contributed by atoms with Gasteiger partial charge in [0.25, 0.3) is 0 Å². The highest BCUT2D eigenvalue weighted by Crippen LogP contribution is 2.41. The van der Waals surface area contributed by atoms with E-state index in [4.69, 9.17) is 0 Å². The Morgan fingerprint density at radius 3 is 1.15 bits per heavy atom. The zero-order valence-corrected chi connectivity index (χ0v) is 28.2. The lowest BCUT2D eigenvalue weighted by Gasteiger charge is -2.15. The molecule has 0 amide bonds. The van der Waals surface area contributed by atoms with E-state index in [0.717, 1.165) is 73.0 Å². The van der Waals surface area contributed by atoms with E-state index < -0.39 is 23.3 Å². The van der Waals surface area contributed by atoms with E-state index in [1.165, 1.54) is 24.3 Å². The van der Waals surface area contributed by atoms with Crippen LogP contribution in [0, 0.1) is 23.3 Å². The van der Waals surface area contributed by atoms with Crippen LogP contribution in [0.15, 0.2) is 176 Å². The molecule has 0 spiro atoms. The topological polar surface area (TPSA) is 4.93 Å². The van der Waals surface area contributed by atoms with Gasteiger partial charge in [-0.15, -0.1) is 0 Å². The molecule has 8 aromatic carbocycles. The molecule has 0 aliphatic heterocycles. The highest BCUT2D eigenvalue weighted by Gasteiger charge is 2.18. The van der Waals surface area contributed by atoms with Crippen molar-refractivity contribution in [3.63, 3.8) is 0 Å². The molecule has 1 heterocycles. The Hall–Kier alpha value is -6.72. The molecule has 0 unspecified atom stereocenters. The summed E-state index contributed by atoms with van der Waals surface area (Å²) in [6.07, 6.45) is 0. The van der Waals surface area contributed by atoms with Gasteiger partial charge in [-0.1, -0.05) is 109 Å². The Bertz CT molecular complexity index is 2670. The molecule has 1 nitrogen and oxygen atoms in total. The number of para-hydroxylation sites is 1. The molecule has 0 atom stereocenters. The fraction of sp³-hybridized carbons (Fsp3) is 0. The van der Waals surface area contributed by atoms with Crippen LogP contribution in [0.2, 0.25) is 0 Å². The van der Waals surface area contributed by atoms with E-state index in [1.54, 1.807) is 0 Å². The van der Waals surface area contributed by atoms with Gasteiger partial charge in [0, 0.05) is 28.5 Å². The van der Waals surface area contributed by atoms with Gasteiger partial charge in [0.2, 0.25) is 0 Å². The van der Waals surface area contributed by atoms with Crippen LogP contribution >= 0.6 is 0 Å². The maximum atomic E-state index is 14.3. The quantitative estimate of drug-likeness (QED) is 0.153. The van der Waals surface area contributed by atoms with Crippen molar-refractivity contribution < 1.29 is 17.6 Å². The first-order valence-electron chi connectivity index (χ1n) is 17.3. The molecule has 1 aromatic heterocycles. The molecule has 0 aliphatic carbocycles. The van der Waals surface area contributed by atoms with Crippen molar-refractivity contribution in [1.82, 2.24) is 4.57 Å². The van der Waals surface area contributed by atoms with E-state index >= 15 is 0 Å². The van der Waals surface area contributed by atoms with Gasteiger partial charge in [0.15, 0.2) is 0 Å². The molecule has 0 bridgehead atoms. The van der Waals surface area contributed by atoms with Crippen LogP contribution in [0.1, 0.15) is 0 Å². The second kappa shape index (κ2) is 13.1. The van der Waals surface area contributed by atoms with Crippen LogP contribution in [0.4, 0.5) is 17.6 Å². The molecule has 0 radical (unpaired) electrons. The van der Waals surface area contributed by atoms with Crippen LogP contribution < -0.4 is 0 Å². The summed E-state index contributed by atoms with van der Waals surface area (Å²) in [5.74, 6) is -2.66. The molecule has 0 N–H and O–H groups in total. The summed E-state index contributed by atoms with van der Waals surface area (Å²) in [4.78, 5) is 0. The molecular weight excluding hydrogens is 667 g/mol. The number of hydrogen-bond donors (Lipinski definition) is 0. The van der Waals surface area contributed by atoms with Crippen molar-refractivity contribution in [2.45, 2.75) is 0 Å². The first-order valence-corrected chi connectivity index (χ1v) is 17.3. The average Bonchev–Trinajstić information content (AvgIpc) is 3.50. The fourth-order valence-corrected chi connectivity index (χ4v) is 7.43. The third-order valence-corrected chi connectivity index (χ3v) is 9.82. The van der Waals surface area contributed by atoms with E-state index in [-0.39, 0.29) is 0 Å². The van der Waals surface area contributed by atoms with E-state index in [1.807, 2.05) is 66.7 Å². The number of hydrogen-bond acceptors (Lipinski definition) is 0. The standard InChI is InChI=1S/C48H29F4N/c49-37-22-35(23-38(50)28-37)33-18-20-47-44(26-33)45-27-34(36-24-39(51)29-40(52)25-36)19-21-48(45)53(47)46-13-7-6-12-43(46)32-16-14-31(15-17-32)42-11-5-4-10-41(42)30-8-2-1-3-9-30/h1-29H. The number of aromatic nitrogens is 1. The number of fused-ring (bicyclic) bond motifs is 3. The average molecular weight is 696 g/mol. The normalized spacial score (nSPS) is 11.4. The maximum absolute atomic E-state index is 14.3. The van der Waals surface area contributed by atoms with E-state index in [0.29, 0.717) is 22.3 Å². The summed E-state index contributed by atoms with van der Waals surface area (Å²) in [6.45, 7) is 0. The molecule has 254 valence electrons. The number of nitrogens with zero attached hydrogens (tertiary/aromatic N) is 1. The Kier molecular flexibility index (Phi) is 7.97. The predicted octanol–water partition coefficient (Wildman–Crippen LogP) is 13.7. The van der Waals surface area contributed by atoms with Crippen molar-refractivity contribution in [3.8, 4) is 61.3 Å². The SMILES string of the molecule is Fc1cc(F)cc(-c2ccc3c(c2)c2cc(-c4cc(F)cc(F)c4)ccc2n3-c2ccccc2-c2ccc(-c3ccccc3-c3ccccc3)cc2)c1. The fourth-order valence-electron chi connectivity index (χ4n) is 7.43. The Balaban J connectivity index is 1.22. The van der Waals surface area contributed by atoms with Crippen molar-refractivity contribution >= 4 is 21.8 Å². The maximum Gasteiger partial charge on any atom is 0.126 e. The van der Waals surface area contributed by atoms with Gasteiger partial charge < -0.3 is 4.57 Å². The second-order valence-corrected chi connectivity index (χ2v) is 13.1. The molecule has 9 aromatic rings. The summed E-state index contributed by atoms with van der Waals surface area (Å²) in [5.41, 5.74) is 11.3. The minimum Gasteiger partial charge on any atom is -0.309 e. The largest absolute Gasteiger partial charge is 0.309 e. The lowest BCUT2D eigenvalue weighted by Crippen LogP contribution is -1.97. The van der Waals surface area contributed by atoms with Crippen LogP contribution in [0.25, 0.3) is 83.1 Å². The van der Waals surface area contributed by atoms with Crippen molar-refractivity contribution in [3.05, 3.63) is 199 Å². The van der Waals surface area contributed by atoms with Gasteiger partial charge in [0.1, 0.15) is 23.3 Å². The second-order valence-electron chi connectivity index (χ2n) is 13.1. The summed E-state index contributed by atoms with van der Waals surface area (Å²) < 4.78 is 59.5. The van der Waals surface area contributed by atoms with Gasteiger partial charge in [-0.25, -0.2) is 17.6 Å². The molecule has 5 heteroatoms. The highest BCUT2D eigenvalue weighted by molar-refractivity contribution is 6.12. The number of benzene rings is 8. The smallest absolute Gasteiger partial charge is 0.126 e. The van der Waals surface area contributed by atoms with E-state index in [9.17, 15) is 17.6 Å². The van der Waals surface area contributed by atoms with Crippen LogP contribution in [0.5, 0.6) is 0 Å². The lowest BCUT2D eigenvalue weighted by atomic mass is 9.93. The third kappa shape index (κ3) is 5.96. The van der Waals surface area contributed by atoms with Crippen LogP contribution in [-0.4, -0.2) is 4.57 Å². The minimum absolute atomic E-state index is 0.406. The van der Waals surface area contributed by atoms with Crippen molar-refractivity contribution in [1.29, 1.82) is 0 Å². The first-order chi connectivity index (χ1) is 25.9. The minimum atomic E-state index is -0.665. The summed E-state index contributed by atoms with van der Waals surface area (Å²) in [6, 6.07) is 53.9. The van der Waals surface area contributed by atoms with Crippen molar-refractivity contribution in [2.75, 3.05) is 0 Å². The molecule has 0 saturated carbocycles. The van der Waals surface area contributed by atoms with Gasteiger partial charge in [-0.05, 0) is 105 Å². The van der Waals surface area contributed by atoms with Crippen LogP contribution in [-0.2, 0) is 0 Å². The van der Waals surface area contributed by atoms with Gasteiger partial charge in [-0.3, -0.25) is 0 Å². The number of halogens is 4. The molecule has 0 saturated heterocycles. The van der Waals surface area contributed by atoms with Crippen molar-refractivity contribution in [2.24, 2.45) is 0 Å². The Morgan fingerprint density at radius 1 is 0.283 bits per heavy atom. The zero-order chi connectivity index (χ0) is 36.1. The van der Waals surface area contributed by atoms with Gasteiger partial charge >= 0.3 is 0 Å². The van der Waals surface area contributed by atoms with Crippen LogP contribution in [0.3, 0.4) is 0 Å². The Morgan fingerprint density at radius 2 is 0.660 bits per heavy atom. The molecule has 53 heavy (non-hydrogen) atoms. The summed E-state index contributed by atoms with van der Waals surface area (Å²) >= 11 is 0. The highest BCUT2D eigenvalue weighted by atomic mass is 19.1. The van der Waals surface area contributed by atoms with Gasteiger partial charge in [0.05, 0.1) is 16.7 Å². The number of rotatable bonds is 6. The van der Waals surface area contributed by atoms with Gasteiger partial charge in [-0.2, -0.15) is 0 Å². The zero-order valence-electron chi connectivity index (χ0n) is 28.2. The summed E-state index contributed by atoms with van der Waals surface area (Å²) in [5, 5.41) is 1.65. The third-order valence-electron chi connectivity index (χ3n) is 9.82. The molecular formula is C48H29F4N. The molecule has 9 rings (SSSR count). The molecule has 0 aliphatic rings. The monoisotopic (exact) mass is 695 g/mol. The lowest BCUT2D eigenvalue weighted by molar-refractivity contribution is 0.583. The predicted molar refractivity (Wildman–Crippen MR) is 208 cm³/mol.